The van der Waals surface area contributed by atoms with Crippen LogP contribution in [0.3, 0.4) is 0 Å². The van der Waals surface area contributed by atoms with Gasteiger partial charge in [-0.3, -0.25) is 4.99 Å². The number of hydrogen-bond acceptors (Lipinski definition) is 3. The van der Waals surface area contributed by atoms with E-state index in [9.17, 15) is 0 Å². The molecule has 2 aliphatic rings. The first-order valence-corrected chi connectivity index (χ1v) is 7.58. The molecule has 0 bridgehead atoms. The number of amidine groups is 1. The molecular formula is C13H24N2S. The van der Waals surface area contributed by atoms with Crippen LogP contribution in [0.1, 0.15) is 46.0 Å². The van der Waals surface area contributed by atoms with Crippen LogP contribution in [-0.2, 0) is 0 Å². The Labute approximate surface area is 104 Å². The van der Waals surface area contributed by atoms with Gasteiger partial charge in [0.15, 0.2) is 5.17 Å². The number of rotatable bonds is 3. The van der Waals surface area contributed by atoms with Crippen LogP contribution >= 0.6 is 11.8 Å². The molecule has 0 aromatic heterocycles. The minimum Gasteiger partial charge on any atom is -0.365 e. The lowest BCUT2D eigenvalue weighted by molar-refractivity contribution is 0.357. The predicted octanol–water partition coefficient (Wildman–Crippen LogP) is 3.28. The zero-order valence-corrected chi connectivity index (χ0v) is 11.4. The number of thioether (sulfide) groups is 1. The molecular weight excluding hydrogens is 216 g/mol. The van der Waals surface area contributed by atoms with Crippen molar-refractivity contribution in [1.82, 2.24) is 5.32 Å². The largest absolute Gasteiger partial charge is 0.365 e. The molecule has 2 nitrogen and oxygen atoms in total. The fourth-order valence-corrected chi connectivity index (χ4v) is 3.48. The highest BCUT2D eigenvalue weighted by molar-refractivity contribution is 8.14. The van der Waals surface area contributed by atoms with Crippen LogP contribution in [0.4, 0.5) is 0 Å². The molecule has 0 aromatic carbocycles. The highest BCUT2D eigenvalue weighted by Crippen LogP contribution is 2.27. The molecule has 1 atom stereocenters. The van der Waals surface area contributed by atoms with E-state index in [2.05, 4.69) is 24.2 Å². The first kappa shape index (κ1) is 12.3. The van der Waals surface area contributed by atoms with Crippen molar-refractivity contribution in [3.63, 3.8) is 0 Å². The zero-order valence-electron chi connectivity index (χ0n) is 10.5. The molecule has 16 heavy (non-hydrogen) atoms. The molecule has 1 unspecified atom stereocenters. The SMILES string of the molecule is CC(C)C1CN=C(NCC2CCCCC2)S1. The summed E-state index contributed by atoms with van der Waals surface area (Å²) in [5, 5.41) is 5.45. The molecule has 1 heterocycles. The van der Waals surface area contributed by atoms with Crippen LogP contribution in [-0.4, -0.2) is 23.5 Å². The molecule has 0 spiro atoms. The summed E-state index contributed by atoms with van der Waals surface area (Å²) in [4.78, 5) is 4.59. The maximum Gasteiger partial charge on any atom is 0.156 e. The van der Waals surface area contributed by atoms with Crippen molar-refractivity contribution in [1.29, 1.82) is 0 Å². The van der Waals surface area contributed by atoms with Crippen LogP contribution in [0.15, 0.2) is 4.99 Å². The Morgan fingerprint density at radius 1 is 1.31 bits per heavy atom. The third kappa shape index (κ3) is 3.41. The van der Waals surface area contributed by atoms with E-state index in [-0.39, 0.29) is 0 Å². The molecule has 0 saturated heterocycles. The quantitative estimate of drug-likeness (QED) is 0.818. The molecule has 1 fully saturated rings. The predicted molar refractivity (Wildman–Crippen MR) is 73.1 cm³/mol. The lowest BCUT2D eigenvalue weighted by atomic mass is 9.89. The van der Waals surface area contributed by atoms with Gasteiger partial charge in [0, 0.05) is 11.8 Å². The Balaban J connectivity index is 1.67. The van der Waals surface area contributed by atoms with Gasteiger partial charge in [0.25, 0.3) is 0 Å². The molecule has 0 amide bonds. The van der Waals surface area contributed by atoms with Gasteiger partial charge in [-0.2, -0.15) is 0 Å². The summed E-state index contributed by atoms with van der Waals surface area (Å²) in [7, 11) is 0. The van der Waals surface area contributed by atoms with Crippen molar-refractivity contribution in [2.24, 2.45) is 16.8 Å². The fourth-order valence-electron chi connectivity index (χ4n) is 2.46. The number of nitrogens with one attached hydrogen (secondary N) is 1. The number of nitrogens with zero attached hydrogens (tertiary/aromatic N) is 1. The van der Waals surface area contributed by atoms with Crippen molar-refractivity contribution < 1.29 is 0 Å². The molecule has 1 aliphatic carbocycles. The zero-order chi connectivity index (χ0) is 11.4. The summed E-state index contributed by atoms with van der Waals surface area (Å²) in [5.74, 6) is 1.64. The molecule has 0 aromatic rings. The summed E-state index contributed by atoms with van der Waals surface area (Å²) >= 11 is 1.95. The smallest absolute Gasteiger partial charge is 0.156 e. The Hall–Kier alpha value is -0.180. The summed E-state index contributed by atoms with van der Waals surface area (Å²) in [6.07, 6.45) is 7.14. The topological polar surface area (TPSA) is 24.4 Å². The summed E-state index contributed by atoms with van der Waals surface area (Å²) in [6, 6.07) is 0. The summed E-state index contributed by atoms with van der Waals surface area (Å²) in [6.45, 7) is 6.74. The van der Waals surface area contributed by atoms with Crippen molar-refractivity contribution >= 4 is 16.9 Å². The first-order chi connectivity index (χ1) is 7.75. The van der Waals surface area contributed by atoms with Crippen LogP contribution in [0, 0.1) is 11.8 Å². The Morgan fingerprint density at radius 3 is 2.69 bits per heavy atom. The van der Waals surface area contributed by atoms with Gasteiger partial charge in [-0.25, -0.2) is 0 Å². The molecule has 2 rings (SSSR count). The molecule has 0 radical (unpaired) electrons. The number of hydrogen-bond donors (Lipinski definition) is 1. The van der Waals surface area contributed by atoms with Crippen LogP contribution in [0.2, 0.25) is 0 Å². The maximum absolute atomic E-state index is 4.59. The first-order valence-electron chi connectivity index (χ1n) is 6.70. The van der Waals surface area contributed by atoms with Gasteiger partial charge in [-0.15, -0.1) is 0 Å². The van der Waals surface area contributed by atoms with E-state index in [1.54, 1.807) is 0 Å². The normalized spacial score (nSPS) is 27.2. The Bertz CT molecular complexity index is 244. The van der Waals surface area contributed by atoms with Crippen molar-refractivity contribution in [2.75, 3.05) is 13.1 Å². The molecule has 1 saturated carbocycles. The van der Waals surface area contributed by atoms with Gasteiger partial charge < -0.3 is 5.32 Å². The van der Waals surface area contributed by atoms with Crippen LogP contribution in [0.25, 0.3) is 0 Å². The van der Waals surface area contributed by atoms with Gasteiger partial charge >= 0.3 is 0 Å². The van der Waals surface area contributed by atoms with Gasteiger partial charge in [0.2, 0.25) is 0 Å². The highest BCUT2D eigenvalue weighted by atomic mass is 32.2. The molecule has 92 valence electrons. The fraction of sp³-hybridized carbons (Fsp3) is 0.923. The minimum absolute atomic E-state index is 0.703. The van der Waals surface area contributed by atoms with E-state index in [4.69, 9.17) is 0 Å². The van der Waals surface area contributed by atoms with E-state index < -0.39 is 0 Å². The van der Waals surface area contributed by atoms with Crippen molar-refractivity contribution in [3.05, 3.63) is 0 Å². The van der Waals surface area contributed by atoms with E-state index >= 15 is 0 Å². The lowest BCUT2D eigenvalue weighted by Crippen LogP contribution is -2.28. The van der Waals surface area contributed by atoms with Gasteiger partial charge in [-0.1, -0.05) is 44.9 Å². The van der Waals surface area contributed by atoms with Crippen molar-refractivity contribution in [3.8, 4) is 0 Å². The average Bonchev–Trinajstić information content (AvgIpc) is 2.76. The van der Waals surface area contributed by atoms with Gasteiger partial charge in [-0.05, 0) is 24.7 Å². The number of aliphatic imine (C=N–C) groups is 1. The second kappa shape index (κ2) is 5.95. The summed E-state index contributed by atoms with van der Waals surface area (Å²) in [5.41, 5.74) is 0. The standard InChI is InChI=1S/C13H24N2S/c1-10(2)12-9-15-13(16-12)14-8-11-6-4-3-5-7-11/h10-12H,3-9H2,1-2H3,(H,14,15). The van der Waals surface area contributed by atoms with Gasteiger partial charge in [0.05, 0.1) is 6.54 Å². The lowest BCUT2D eigenvalue weighted by Gasteiger charge is -2.22. The van der Waals surface area contributed by atoms with E-state index in [1.807, 2.05) is 11.8 Å². The van der Waals surface area contributed by atoms with Crippen LogP contribution in [0.5, 0.6) is 0 Å². The third-order valence-corrected chi connectivity index (χ3v) is 5.18. The monoisotopic (exact) mass is 240 g/mol. The highest BCUT2D eigenvalue weighted by Gasteiger charge is 2.23. The third-order valence-electron chi connectivity index (χ3n) is 3.69. The Morgan fingerprint density at radius 2 is 2.06 bits per heavy atom. The maximum atomic E-state index is 4.59. The van der Waals surface area contributed by atoms with E-state index in [0.29, 0.717) is 5.25 Å². The van der Waals surface area contributed by atoms with Crippen LogP contribution < -0.4 is 5.32 Å². The average molecular weight is 240 g/mol. The second-order valence-electron chi connectivity index (χ2n) is 5.43. The van der Waals surface area contributed by atoms with Crippen molar-refractivity contribution in [2.45, 2.75) is 51.2 Å². The second-order valence-corrected chi connectivity index (χ2v) is 6.66. The van der Waals surface area contributed by atoms with E-state index in [1.165, 1.54) is 37.3 Å². The molecule has 1 N–H and O–H groups in total. The summed E-state index contributed by atoms with van der Waals surface area (Å²) < 4.78 is 0. The Kier molecular flexibility index (Phi) is 4.56. The molecule has 3 heteroatoms. The van der Waals surface area contributed by atoms with E-state index in [0.717, 1.165) is 24.9 Å². The minimum atomic E-state index is 0.703. The molecule has 1 aliphatic heterocycles. The van der Waals surface area contributed by atoms with Gasteiger partial charge in [0.1, 0.15) is 0 Å².